The Balaban J connectivity index is 1.78. The third-order valence-electron chi connectivity index (χ3n) is 4.52. The summed E-state index contributed by atoms with van der Waals surface area (Å²) in [7, 11) is -1.77. The van der Waals surface area contributed by atoms with E-state index in [2.05, 4.69) is 9.62 Å². The van der Waals surface area contributed by atoms with E-state index in [0.29, 0.717) is 11.6 Å². The maximum absolute atomic E-state index is 12.4. The Bertz CT molecular complexity index is 588. The van der Waals surface area contributed by atoms with Crippen LogP contribution < -0.4 is 4.72 Å². The maximum atomic E-state index is 12.4. The van der Waals surface area contributed by atoms with Gasteiger partial charge in [-0.1, -0.05) is 0 Å². The molecule has 4 heterocycles. The van der Waals surface area contributed by atoms with Gasteiger partial charge in [0.25, 0.3) is 0 Å². The molecule has 20 heavy (non-hydrogen) atoms. The van der Waals surface area contributed by atoms with Crippen LogP contribution in [0.4, 0.5) is 0 Å². The summed E-state index contributed by atoms with van der Waals surface area (Å²) >= 11 is 0. The molecule has 1 aromatic rings. The van der Waals surface area contributed by atoms with Crippen molar-refractivity contribution in [3.05, 3.63) is 18.0 Å². The van der Waals surface area contributed by atoms with Gasteiger partial charge < -0.3 is 14.6 Å². The van der Waals surface area contributed by atoms with Crippen molar-refractivity contribution in [1.82, 2.24) is 14.2 Å². The van der Waals surface area contributed by atoms with Gasteiger partial charge >= 0.3 is 0 Å². The Labute approximate surface area is 119 Å². The van der Waals surface area contributed by atoms with E-state index in [4.69, 9.17) is 5.11 Å². The first-order valence-corrected chi connectivity index (χ1v) is 8.49. The largest absolute Gasteiger partial charge is 0.390 e. The van der Waals surface area contributed by atoms with E-state index >= 15 is 0 Å². The van der Waals surface area contributed by atoms with Crippen LogP contribution in [0.1, 0.15) is 18.5 Å². The monoisotopic (exact) mass is 299 g/mol. The van der Waals surface area contributed by atoms with Crippen molar-refractivity contribution in [2.75, 3.05) is 19.6 Å². The Morgan fingerprint density at radius 1 is 1.40 bits per heavy atom. The van der Waals surface area contributed by atoms with Crippen molar-refractivity contribution in [3.63, 3.8) is 0 Å². The number of sulfonamides is 1. The molecule has 0 aromatic carbocycles. The summed E-state index contributed by atoms with van der Waals surface area (Å²) in [6, 6.07) is 1.55. The summed E-state index contributed by atoms with van der Waals surface area (Å²) in [6.07, 6.45) is 3.70. The average Bonchev–Trinajstić information content (AvgIpc) is 2.82. The van der Waals surface area contributed by atoms with E-state index in [0.717, 1.165) is 32.5 Å². The topological polar surface area (TPSA) is 74.6 Å². The van der Waals surface area contributed by atoms with Gasteiger partial charge in [0.05, 0.1) is 11.5 Å². The van der Waals surface area contributed by atoms with Crippen LogP contribution in [-0.4, -0.2) is 48.7 Å². The molecular formula is C13H21N3O3S. The molecule has 112 valence electrons. The lowest BCUT2D eigenvalue weighted by molar-refractivity contribution is 0.0827. The number of hydrogen-bond donors (Lipinski definition) is 2. The molecule has 0 spiro atoms. The lowest BCUT2D eigenvalue weighted by Gasteiger charge is -2.44. The SMILES string of the molecule is Cn1cc(S(=O)(=O)NC2CN3CCC2CC3)cc1CO. The summed E-state index contributed by atoms with van der Waals surface area (Å²) in [5.74, 6) is 0.454. The second-order valence-electron chi connectivity index (χ2n) is 5.80. The number of piperidine rings is 3. The van der Waals surface area contributed by atoms with Crippen LogP contribution in [-0.2, 0) is 23.7 Å². The number of aromatic nitrogens is 1. The van der Waals surface area contributed by atoms with Crippen molar-refractivity contribution < 1.29 is 13.5 Å². The highest BCUT2D eigenvalue weighted by molar-refractivity contribution is 7.89. The molecule has 3 aliphatic heterocycles. The van der Waals surface area contributed by atoms with E-state index in [-0.39, 0.29) is 17.5 Å². The predicted octanol–water partition coefficient (Wildman–Crippen LogP) is -0.110. The fraction of sp³-hybridized carbons (Fsp3) is 0.692. The predicted molar refractivity (Wildman–Crippen MR) is 74.6 cm³/mol. The summed E-state index contributed by atoms with van der Waals surface area (Å²) in [4.78, 5) is 2.55. The first-order chi connectivity index (χ1) is 9.49. The fourth-order valence-corrected chi connectivity index (χ4v) is 4.64. The van der Waals surface area contributed by atoms with Crippen LogP contribution in [0.2, 0.25) is 0 Å². The van der Waals surface area contributed by atoms with Crippen LogP contribution >= 0.6 is 0 Å². The summed E-state index contributed by atoms with van der Waals surface area (Å²) in [5, 5.41) is 9.16. The third-order valence-corrected chi connectivity index (χ3v) is 5.97. The standard InChI is InChI=1S/C13H21N3O3S/c1-15-7-12(6-11(15)9-17)20(18,19)14-13-8-16-4-2-10(13)3-5-16/h6-7,10,13-14,17H,2-5,8-9H2,1H3. The summed E-state index contributed by atoms with van der Waals surface area (Å²) in [5.41, 5.74) is 0.597. The highest BCUT2D eigenvalue weighted by Gasteiger charge is 2.36. The van der Waals surface area contributed by atoms with E-state index in [1.165, 1.54) is 6.07 Å². The van der Waals surface area contributed by atoms with Crippen molar-refractivity contribution in [3.8, 4) is 0 Å². The van der Waals surface area contributed by atoms with Gasteiger partial charge in [0, 0.05) is 31.5 Å². The van der Waals surface area contributed by atoms with E-state index in [9.17, 15) is 8.42 Å². The Morgan fingerprint density at radius 3 is 2.60 bits per heavy atom. The molecule has 2 bridgehead atoms. The quantitative estimate of drug-likeness (QED) is 0.813. The van der Waals surface area contributed by atoms with E-state index in [1.807, 2.05) is 0 Å². The highest BCUT2D eigenvalue weighted by Crippen LogP contribution is 2.28. The zero-order valence-electron chi connectivity index (χ0n) is 11.6. The number of aliphatic hydroxyl groups excluding tert-OH is 1. The molecule has 3 fully saturated rings. The molecule has 1 aromatic heterocycles. The van der Waals surface area contributed by atoms with Crippen LogP contribution in [0.25, 0.3) is 0 Å². The maximum Gasteiger partial charge on any atom is 0.242 e. The minimum atomic E-state index is -3.50. The molecule has 1 atom stereocenters. The molecule has 2 N–H and O–H groups in total. The summed E-state index contributed by atoms with van der Waals surface area (Å²) in [6.45, 7) is 2.82. The highest BCUT2D eigenvalue weighted by atomic mass is 32.2. The molecule has 3 saturated heterocycles. The molecule has 0 saturated carbocycles. The van der Waals surface area contributed by atoms with Gasteiger partial charge in [-0.25, -0.2) is 13.1 Å². The number of nitrogens with zero attached hydrogens (tertiary/aromatic N) is 2. The van der Waals surface area contributed by atoms with Gasteiger partial charge in [0.1, 0.15) is 0 Å². The molecule has 1 unspecified atom stereocenters. The molecule has 0 amide bonds. The van der Waals surface area contributed by atoms with Gasteiger partial charge in [-0.05, 0) is 37.9 Å². The third kappa shape index (κ3) is 2.50. The normalized spacial score (nSPS) is 29.8. The molecule has 6 nitrogen and oxygen atoms in total. The van der Waals surface area contributed by atoms with Crippen molar-refractivity contribution in [1.29, 1.82) is 0 Å². The summed E-state index contributed by atoms with van der Waals surface area (Å²) < 4.78 is 29.4. The van der Waals surface area contributed by atoms with Crippen LogP contribution in [0.3, 0.4) is 0 Å². The smallest absolute Gasteiger partial charge is 0.242 e. The van der Waals surface area contributed by atoms with E-state index < -0.39 is 10.0 Å². The number of hydrogen-bond acceptors (Lipinski definition) is 4. The molecule has 3 aliphatic rings. The zero-order chi connectivity index (χ0) is 14.3. The second-order valence-corrected chi connectivity index (χ2v) is 7.52. The molecule has 0 aliphatic carbocycles. The van der Waals surface area contributed by atoms with Gasteiger partial charge in [0.15, 0.2) is 0 Å². The van der Waals surface area contributed by atoms with E-state index in [1.54, 1.807) is 17.8 Å². The minimum Gasteiger partial charge on any atom is -0.390 e. The lowest BCUT2D eigenvalue weighted by atomic mass is 9.85. The van der Waals surface area contributed by atoms with Gasteiger partial charge in [0.2, 0.25) is 10.0 Å². The number of aryl methyl sites for hydroxylation is 1. The fourth-order valence-electron chi connectivity index (χ4n) is 3.25. The Kier molecular flexibility index (Phi) is 3.62. The molecular weight excluding hydrogens is 278 g/mol. The minimum absolute atomic E-state index is 0.0142. The molecule has 0 radical (unpaired) electrons. The second kappa shape index (κ2) is 5.14. The van der Waals surface area contributed by atoms with Crippen molar-refractivity contribution in [2.45, 2.75) is 30.4 Å². The van der Waals surface area contributed by atoms with Gasteiger partial charge in [-0.3, -0.25) is 0 Å². The number of nitrogens with one attached hydrogen (secondary N) is 1. The number of rotatable bonds is 4. The average molecular weight is 299 g/mol. The number of fused-ring (bicyclic) bond motifs is 3. The van der Waals surface area contributed by atoms with Gasteiger partial charge in [-0.2, -0.15) is 0 Å². The van der Waals surface area contributed by atoms with Crippen LogP contribution in [0.5, 0.6) is 0 Å². The first-order valence-electron chi connectivity index (χ1n) is 7.00. The molecule has 7 heteroatoms. The lowest BCUT2D eigenvalue weighted by Crippen LogP contribution is -2.57. The first kappa shape index (κ1) is 14.1. The number of aliphatic hydroxyl groups is 1. The van der Waals surface area contributed by atoms with Crippen LogP contribution in [0, 0.1) is 5.92 Å². The van der Waals surface area contributed by atoms with Crippen molar-refractivity contribution in [2.24, 2.45) is 13.0 Å². The molecule has 4 rings (SSSR count). The Morgan fingerprint density at radius 2 is 2.10 bits per heavy atom. The zero-order valence-corrected chi connectivity index (χ0v) is 12.4. The van der Waals surface area contributed by atoms with Gasteiger partial charge in [-0.15, -0.1) is 0 Å². The van der Waals surface area contributed by atoms with Crippen LogP contribution in [0.15, 0.2) is 17.2 Å². The van der Waals surface area contributed by atoms with Crippen molar-refractivity contribution >= 4 is 10.0 Å². The Hall–Kier alpha value is -0.890.